The van der Waals surface area contributed by atoms with Gasteiger partial charge in [0.2, 0.25) is 0 Å². The van der Waals surface area contributed by atoms with Crippen molar-refractivity contribution in [3.63, 3.8) is 0 Å². The van der Waals surface area contributed by atoms with Crippen molar-refractivity contribution in [2.75, 3.05) is 0 Å². The number of nitriles is 1. The van der Waals surface area contributed by atoms with Crippen molar-refractivity contribution in [2.45, 2.75) is 6.61 Å². The van der Waals surface area contributed by atoms with E-state index < -0.39 is 0 Å². The van der Waals surface area contributed by atoms with Crippen molar-refractivity contribution in [1.29, 1.82) is 5.26 Å². The van der Waals surface area contributed by atoms with Gasteiger partial charge in [0.05, 0.1) is 11.3 Å². The van der Waals surface area contributed by atoms with Gasteiger partial charge in [0.15, 0.2) is 0 Å². The number of para-hydroxylation sites is 1. The van der Waals surface area contributed by atoms with Crippen molar-refractivity contribution < 1.29 is 4.74 Å². The van der Waals surface area contributed by atoms with Crippen LogP contribution in [0.2, 0.25) is 0 Å². The molecule has 0 fully saturated rings. The standard InChI is InChI=1S/C16H10BrN3O2/c17-12-5-6-15-19-13(7-16(21)20(15)9-12)10-22-14-4-2-1-3-11(14)8-18/h1-7,9H,10H2. The van der Waals surface area contributed by atoms with Gasteiger partial charge in [-0.3, -0.25) is 9.20 Å². The Labute approximate surface area is 134 Å². The molecule has 0 saturated heterocycles. The molecule has 5 nitrogen and oxygen atoms in total. The van der Waals surface area contributed by atoms with Gasteiger partial charge in [-0.1, -0.05) is 12.1 Å². The zero-order valence-corrected chi connectivity index (χ0v) is 12.9. The zero-order valence-electron chi connectivity index (χ0n) is 11.4. The molecule has 3 rings (SSSR count). The van der Waals surface area contributed by atoms with Crippen LogP contribution >= 0.6 is 15.9 Å². The highest BCUT2D eigenvalue weighted by molar-refractivity contribution is 9.10. The predicted octanol–water partition coefficient (Wildman–Crippen LogP) is 2.91. The van der Waals surface area contributed by atoms with Crippen molar-refractivity contribution >= 4 is 21.6 Å². The molecule has 0 aliphatic rings. The van der Waals surface area contributed by atoms with Gasteiger partial charge in [-0.05, 0) is 40.2 Å². The van der Waals surface area contributed by atoms with E-state index in [0.29, 0.717) is 22.7 Å². The summed E-state index contributed by atoms with van der Waals surface area (Å²) in [5.41, 5.74) is 1.32. The van der Waals surface area contributed by atoms with Crippen LogP contribution in [-0.4, -0.2) is 9.38 Å². The van der Waals surface area contributed by atoms with E-state index in [-0.39, 0.29) is 12.2 Å². The molecule has 0 unspecified atom stereocenters. The molecule has 0 radical (unpaired) electrons. The van der Waals surface area contributed by atoms with Gasteiger partial charge in [0, 0.05) is 16.7 Å². The minimum atomic E-state index is -0.182. The molecule has 0 saturated carbocycles. The maximum Gasteiger partial charge on any atom is 0.258 e. The van der Waals surface area contributed by atoms with Crippen LogP contribution in [0.3, 0.4) is 0 Å². The Bertz CT molecular complexity index is 944. The topological polar surface area (TPSA) is 67.4 Å². The molecule has 6 heteroatoms. The summed E-state index contributed by atoms with van der Waals surface area (Å²) in [4.78, 5) is 16.5. The highest BCUT2D eigenvalue weighted by atomic mass is 79.9. The molecule has 0 aliphatic carbocycles. The second-order valence-electron chi connectivity index (χ2n) is 4.56. The lowest BCUT2D eigenvalue weighted by atomic mass is 10.2. The van der Waals surface area contributed by atoms with Gasteiger partial charge in [-0.15, -0.1) is 0 Å². The fraction of sp³-hybridized carbons (Fsp3) is 0.0625. The van der Waals surface area contributed by atoms with Gasteiger partial charge in [-0.25, -0.2) is 4.98 Å². The molecular formula is C16H10BrN3O2. The average molecular weight is 356 g/mol. The van der Waals surface area contributed by atoms with Crippen LogP contribution in [0, 0.1) is 11.3 Å². The van der Waals surface area contributed by atoms with Crippen LogP contribution in [0.1, 0.15) is 11.3 Å². The third kappa shape index (κ3) is 2.85. The fourth-order valence-electron chi connectivity index (χ4n) is 2.04. The van der Waals surface area contributed by atoms with Gasteiger partial charge < -0.3 is 4.74 Å². The molecule has 0 N–H and O–H groups in total. The van der Waals surface area contributed by atoms with Crippen molar-refractivity contribution in [1.82, 2.24) is 9.38 Å². The Morgan fingerprint density at radius 3 is 2.91 bits per heavy atom. The van der Waals surface area contributed by atoms with Gasteiger partial charge in [0.25, 0.3) is 5.56 Å². The van der Waals surface area contributed by atoms with Crippen LogP contribution in [0.4, 0.5) is 0 Å². The summed E-state index contributed by atoms with van der Waals surface area (Å²) in [5.74, 6) is 0.475. The Kier molecular flexibility index (Phi) is 3.90. The highest BCUT2D eigenvalue weighted by Crippen LogP contribution is 2.17. The smallest absolute Gasteiger partial charge is 0.258 e. The molecular weight excluding hydrogens is 346 g/mol. The molecule has 108 valence electrons. The van der Waals surface area contributed by atoms with Crippen LogP contribution in [0.5, 0.6) is 5.75 Å². The maximum atomic E-state index is 12.1. The molecule has 0 atom stereocenters. The normalized spacial score (nSPS) is 10.4. The van der Waals surface area contributed by atoms with Crippen LogP contribution in [-0.2, 0) is 6.61 Å². The number of hydrogen-bond acceptors (Lipinski definition) is 4. The number of halogens is 1. The van der Waals surface area contributed by atoms with Gasteiger partial charge in [0.1, 0.15) is 24.1 Å². The summed E-state index contributed by atoms with van der Waals surface area (Å²) in [6, 6.07) is 14.0. The molecule has 1 aromatic carbocycles. The molecule has 2 heterocycles. The maximum absolute atomic E-state index is 12.1. The average Bonchev–Trinajstić information content (AvgIpc) is 2.54. The number of rotatable bonds is 3. The first-order valence-electron chi connectivity index (χ1n) is 6.47. The SMILES string of the molecule is N#Cc1ccccc1OCc1cc(=O)n2cc(Br)ccc2n1. The van der Waals surface area contributed by atoms with E-state index >= 15 is 0 Å². The number of fused-ring (bicyclic) bond motifs is 1. The third-order valence-electron chi connectivity index (χ3n) is 3.06. The Balaban J connectivity index is 1.90. The first-order valence-corrected chi connectivity index (χ1v) is 7.26. The van der Waals surface area contributed by atoms with Crippen molar-refractivity contribution in [2.24, 2.45) is 0 Å². The summed E-state index contributed by atoms with van der Waals surface area (Å²) >= 11 is 3.32. The number of hydrogen-bond donors (Lipinski definition) is 0. The number of nitrogens with zero attached hydrogens (tertiary/aromatic N) is 3. The molecule has 3 aromatic rings. The lowest BCUT2D eigenvalue weighted by Crippen LogP contribution is -2.16. The molecule has 2 aromatic heterocycles. The molecule has 0 aliphatic heterocycles. The second-order valence-corrected chi connectivity index (χ2v) is 5.47. The molecule has 22 heavy (non-hydrogen) atoms. The number of aromatic nitrogens is 2. The third-order valence-corrected chi connectivity index (χ3v) is 3.53. The van der Waals surface area contributed by atoms with E-state index in [4.69, 9.17) is 10.00 Å². The van der Waals surface area contributed by atoms with Crippen molar-refractivity contribution in [3.05, 3.63) is 74.7 Å². The molecule has 0 amide bonds. The monoisotopic (exact) mass is 355 g/mol. The summed E-state index contributed by atoms with van der Waals surface area (Å²) in [6.07, 6.45) is 1.67. The van der Waals surface area contributed by atoms with Crippen molar-refractivity contribution in [3.8, 4) is 11.8 Å². The largest absolute Gasteiger partial charge is 0.486 e. The number of ether oxygens (including phenoxy) is 1. The fourth-order valence-corrected chi connectivity index (χ4v) is 2.37. The van der Waals surface area contributed by atoms with E-state index in [1.165, 1.54) is 10.5 Å². The van der Waals surface area contributed by atoms with Crippen LogP contribution in [0.25, 0.3) is 5.65 Å². The lowest BCUT2D eigenvalue weighted by Gasteiger charge is -2.08. The van der Waals surface area contributed by atoms with E-state index in [1.54, 1.807) is 36.5 Å². The Morgan fingerprint density at radius 1 is 1.27 bits per heavy atom. The molecule has 0 spiro atoms. The number of pyridine rings is 1. The lowest BCUT2D eigenvalue weighted by molar-refractivity contribution is 0.300. The minimum absolute atomic E-state index is 0.125. The summed E-state index contributed by atoms with van der Waals surface area (Å²) in [7, 11) is 0. The predicted molar refractivity (Wildman–Crippen MR) is 84.7 cm³/mol. The van der Waals surface area contributed by atoms with E-state index in [2.05, 4.69) is 27.0 Å². The van der Waals surface area contributed by atoms with E-state index in [0.717, 1.165) is 4.47 Å². The van der Waals surface area contributed by atoms with Gasteiger partial charge >= 0.3 is 0 Å². The second kappa shape index (κ2) is 6.00. The van der Waals surface area contributed by atoms with E-state index in [1.807, 2.05) is 6.07 Å². The Hall–Kier alpha value is -2.65. The zero-order chi connectivity index (χ0) is 15.5. The van der Waals surface area contributed by atoms with Gasteiger partial charge in [-0.2, -0.15) is 5.26 Å². The van der Waals surface area contributed by atoms with Crippen LogP contribution < -0.4 is 10.3 Å². The summed E-state index contributed by atoms with van der Waals surface area (Å²) in [6.45, 7) is 0.125. The summed E-state index contributed by atoms with van der Waals surface area (Å²) in [5, 5.41) is 9.02. The first kappa shape index (κ1) is 14.3. The number of benzene rings is 1. The van der Waals surface area contributed by atoms with E-state index in [9.17, 15) is 4.79 Å². The Morgan fingerprint density at radius 2 is 2.09 bits per heavy atom. The molecule has 0 bridgehead atoms. The quantitative estimate of drug-likeness (QED) is 0.724. The first-order chi connectivity index (χ1) is 10.7. The minimum Gasteiger partial charge on any atom is -0.486 e. The summed E-state index contributed by atoms with van der Waals surface area (Å²) < 4.78 is 7.86. The van der Waals surface area contributed by atoms with Crippen LogP contribution in [0.15, 0.2) is 57.9 Å². The highest BCUT2D eigenvalue weighted by Gasteiger charge is 2.06.